The molecule has 1 N–H and O–H groups in total. The van der Waals surface area contributed by atoms with Gasteiger partial charge in [-0.3, -0.25) is 4.79 Å². The molecule has 0 fully saturated rings. The van der Waals surface area contributed by atoms with E-state index < -0.39 is 0 Å². The van der Waals surface area contributed by atoms with Crippen LogP contribution in [-0.2, 0) is 17.8 Å². The number of hydrogen-bond donors (Lipinski definition) is 1. The third-order valence-corrected chi connectivity index (χ3v) is 4.16. The van der Waals surface area contributed by atoms with Gasteiger partial charge in [0, 0.05) is 11.6 Å². The van der Waals surface area contributed by atoms with Crippen LogP contribution in [0.2, 0.25) is 0 Å². The zero-order chi connectivity index (χ0) is 18.4. The first kappa shape index (κ1) is 17.8. The van der Waals surface area contributed by atoms with Crippen molar-refractivity contribution in [3.05, 3.63) is 65.7 Å². The Labute approximate surface area is 153 Å². The van der Waals surface area contributed by atoms with E-state index in [4.69, 9.17) is 0 Å². The molecule has 26 heavy (non-hydrogen) atoms. The van der Waals surface area contributed by atoms with E-state index in [0.717, 1.165) is 18.4 Å². The molecule has 0 saturated heterocycles. The minimum Gasteiger partial charge on any atom is -0.352 e. The van der Waals surface area contributed by atoms with Crippen LogP contribution in [0, 0.1) is 6.92 Å². The molecule has 0 radical (unpaired) electrons. The summed E-state index contributed by atoms with van der Waals surface area (Å²) in [5.41, 5.74) is 3.33. The molecule has 0 bridgehead atoms. The first-order valence-corrected chi connectivity index (χ1v) is 8.78. The summed E-state index contributed by atoms with van der Waals surface area (Å²) >= 11 is 0. The molecule has 1 heterocycles. The number of benzene rings is 2. The smallest absolute Gasteiger partial charge is 0.243 e. The fraction of sp³-hybridized carbons (Fsp3) is 0.300. The maximum atomic E-state index is 12.2. The van der Waals surface area contributed by atoms with Gasteiger partial charge in [-0.2, -0.15) is 4.80 Å². The van der Waals surface area contributed by atoms with Gasteiger partial charge < -0.3 is 5.32 Å². The van der Waals surface area contributed by atoms with Crippen molar-refractivity contribution in [3.8, 4) is 11.4 Å². The van der Waals surface area contributed by atoms with Crippen LogP contribution in [0.3, 0.4) is 0 Å². The number of amides is 1. The SMILES string of the molecule is Cc1ccc(-c2nnn(CC(=O)N[C@H](C)CCc3ccccc3)n2)cc1. The Morgan fingerprint density at radius 2 is 1.85 bits per heavy atom. The van der Waals surface area contributed by atoms with Crippen LogP contribution in [0.15, 0.2) is 54.6 Å². The van der Waals surface area contributed by atoms with Crippen molar-refractivity contribution in [3.63, 3.8) is 0 Å². The second-order valence-corrected chi connectivity index (χ2v) is 6.50. The number of rotatable bonds is 7. The van der Waals surface area contributed by atoms with Gasteiger partial charge in [-0.25, -0.2) is 0 Å². The molecular weight excluding hydrogens is 326 g/mol. The Morgan fingerprint density at radius 3 is 2.58 bits per heavy atom. The summed E-state index contributed by atoms with van der Waals surface area (Å²) in [5.74, 6) is 0.411. The third kappa shape index (κ3) is 4.99. The monoisotopic (exact) mass is 349 g/mol. The molecule has 3 aromatic rings. The van der Waals surface area contributed by atoms with E-state index in [1.165, 1.54) is 15.9 Å². The molecule has 1 atom stereocenters. The van der Waals surface area contributed by atoms with Crippen molar-refractivity contribution in [1.29, 1.82) is 0 Å². The van der Waals surface area contributed by atoms with Crippen LogP contribution in [0.1, 0.15) is 24.5 Å². The van der Waals surface area contributed by atoms with Gasteiger partial charge in [-0.15, -0.1) is 10.2 Å². The Kier molecular flexibility index (Phi) is 5.73. The average Bonchev–Trinajstić information content (AvgIpc) is 3.09. The second-order valence-electron chi connectivity index (χ2n) is 6.50. The van der Waals surface area contributed by atoms with Crippen molar-refractivity contribution in [1.82, 2.24) is 25.5 Å². The van der Waals surface area contributed by atoms with Gasteiger partial charge in [0.1, 0.15) is 6.54 Å². The van der Waals surface area contributed by atoms with E-state index in [1.807, 2.05) is 56.3 Å². The average molecular weight is 349 g/mol. The molecule has 6 heteroatoms. The van der Waals surface area contributed by atoms with Gasteiger partial charge in [0.2, 0.25) is 11.7 Å². The van der Waals surface area contributed by atoms with Crippen LogP contribution < -0.4 is 5.32 Å². The van der Waals surface area contributed by atoms with Crippen LogP contribution in [0.5, 0.6) is 0 Å². The van der Waals surface area contributed by atoms with E-state index in [-0.39, 0.29) is 18.5 Å². The lowest BCUT2D eigenvalue weighted by Crippen LogP contribution is -2.35. The predicted molar refractivity (Wildman–Crippen MR) is 100 cm³/mol. The minimum atomic E-state index is -0.113. The highest BCUT2D eigenvalue weighted by atomic mass is 16.2. The molecule has 2 aromatic carbocycles. The Hall–Kier alpha value is -3.02. The summed E-state index contributed by atoms with van der Waals surface area (Å²) in [6, 6.07) is 18.2. The van der Waals surface area contributed by atoms with E-state index >= 15 is 0 Å². The van der Waals surface area contributed by atoms with Crippen molar-refractivity contribution in [2.45, 2.75) is 39.3 Å². The highest BCUT2D eigenvalue weighted by molar-refractivity contribution is 5.75. The predicted octanol–water partition coefficient (Wildman–Crippen LogP) is 2.79. The molecule has 0 aliphatic rings. The molecule has 6 nitrogen and oxygen atoms in total. The largest absolute Gasteiger partial charge is 0.352 e. The molecule has 0 saturated carbocycles. The highest BCUT2D eigenvalue weighted by Crippen LogP contribution is 2.13. The summed E-state index contributed by atoms with van der Waals surface area (Å²) in [7, 11) is 0. The molecular formula is C20H23N5O. The lowest BCUT2D eigenvalue weighted by Gasteiger charge is -2.13. The van der Waals surface area contributed by atoms with Crippen molar-refractivity contribution in [2.75, 3.05) is 0 Å². The molecule has 134 valence electrons. The van der Waals surface area contributed by atoms with Gasteiger partial charge in [0.15, 0.2) is 0 Å². The van der Waals surface area contributed by atoms with Crippen molar-refractivity contribution in [2.24, 2.45) is 0 Å². The zero-order valence-electron chi connectivity index (χ0n) is 15.1. The molecule has 1 aromatic heterocycles. The lowest BCUT2D eigenvalue weighted by molar-refractivity contribution is -0.122. The maximum Gasteiger partial charge on any atom is 0.243 e. The molecule has 0 unspecified atom stereocenters. The van der Waals surface area contributed by atoms with E-state index in [1.54, 1.807) is 0 Å². The second kappa shape index (κ2) is 8.38. The quantitative estimate of drug-likeness (QED) is 0.712. The van der Waals surface area contributed by atoms with Gasteiger partial charge in [0.05, 0.1) is 0 Å². The summed E-state index contributed by atoms with van der Waals surface area (Å²) in [6.45, 7) is 4.10. The highest BCUT2D eigenvalue weighted by Gasteiger charge is 2.11. The Balaban J connectivity index is 1.49. The number of nitrogens with one attached hydrogen (secondary N) is 1. The van der Waals surface area contributed by atoms with E-state index in [0.29, 0.717) is 5.82 Å². The zero-order valence-corrected chi connectivity index (χ0v) is 15.1. The molecule has 0 aliphatic carbocycles. The van der Waals surface area contributed by atoms with Crippen LogP contribution >= 0.6 is 0 Å². The first-order valence-electron chi connectivity index (χ1n) is 8.78. The number of nitrogens with zero attached hydrogens (tertiary/aromatic N) is 4. The van der Waals surface area contributed by atoms with Crippen molar-refractivity contribution >= 4 is 5.91 Å². The van der Waals surface area contributed by atoms with E-state index in [2.05, 4.69) is 32.9 Å². The number of aryl methyl sites for hydroxylation is 2. The van der Waals surface area contributed by atoms with Crippen molar-refractivity contribution < 1.29 is 4.79 Å². The van der Waals surface area contributed by atoms with Crippen LogP contribution in [0.25, 0.3) is 11.4 Å². The normalized spacial score (nSPS) is 11.9. The van der Waals surface area contributed by atoms with Crippen LogP contribution in [0.4, 0.5) is 0 Å². The van der Waals surface area contributed by atoms with Crippen LogP contribution in [-0.4, -0.2) is 32.2 Å². The first-order chi connectivity index (χ1) is 12.6. The lowest BCUT2D eigenvalue weighted by atomic mass is 10.1. The van der Waals surface area contributed by atoms with Gasteiger partial charge in [-0.1, -0.05) is 60.2 Å². The number of hydrogen-bond acceptors (Lipinski definition) is 4. The summed E-state index contributed by atoms with van der Waals surface area (Å²) in [4.78, 5) is 13.5. The molecule has 0 aliphatic heterocycles. The Morgan fingerprint density at radius 1 is 1.12 bits per heavy atom. The Bertz CT molecular complexity index is 842. The fourth-order valence-corrected chi connectivity index (χ4v) is 2.68. The van der Waals surface area contributed by atoms with Gasteiger partial charge in [0.25, 0.3) is 0 Å². The topological polar surface area (TPSA) is 72.7 Å². The number of carbonyl (C=O) groups excluding carboxylic acids is 1. The molecule has 0 spiro atoms. The van der Waals surface area contributed by atoms with Gasteiger partial charge >= 0.3 is 0 Å². The molecule has 1 amide bonds. The summed E-state index contributed by atoms with van der Waals surface area (Å²) in [5, 5.41) is 15.3. The number of aromatic nitrogens is 4. The standard InChI is InChI=1S/C20H23N5O/c1-15-8-12-18(13-9-15)20-22-24-25(23-20)14-19(26)21-16(2)10-11-17-6-4-3-5-7-17/h3-9,12-13,16H,10-11,14H2,1-2H3,(H,21,26)/t16-/m1/s1. The van der Waals surface area contributed by atoms with E-state index in [9.17, 15) is 4.79 Å². The third-order valence-electron chi connectivity index (χ3n) is 4.16. The maximum absolute atomic E-state index is 12.2. The summed E-state index contributed by atoms with van der Waals surface area (Å²) < 4.78 is 0. The molecule has 3 rings (SSSR count). The number of carbonyl (C=O) groups is 1. The fourth-order valence-electron chi connectivity index (χ4n) is 2.68. The van der Waals surface area contributed by atoms with Gasteiger partial charge in [-0.05, 0) is 37.5 Å². The number of tetrazole rings is 1. The minimum absolute atomic E-state index is 0.0640. The summed E-state index contributed by atoms with van der Waals surface area (Å²) in [6.07, 6.45) is 1.82.